The molecular formula is C18H23N5O3. The number of aromatic nitrogens is 3. The van der Waals surface area contributed by atoms with Gasteiger partial charge in [-0.1, -0.05) is 11.2 Å². The van der Waals surface area contributed by atoms with Crippen molar-refractivity contribution in [1.82, 2.24) is 24.9 Å². The molecule has 0 aliphatic carbocycles. The monoisotopic (exact) mass is 357 g/mol. The predicted molar refractivity (Wildman–Crippen MR) is 92.0 cm³/mol. The van der Waals surface area contributed by atoms with E-state index in [-0.39, 0.29) is 11.8 Å². The molecule has 8 heteroatoms. The quantitative estimate of drug-likeness (QED) is 0.795. The molecule has 4 heterocycles. The topological polar surface area (TPSA) is 84.6 Å². The van der Waals surface area contributed by atoms with Gasteiger partial charge in [0.05, 0.1) is 37.9 Å². The van der Waals surface area contributed by atoms with Crippen molar-refractivity contribution in [1.29, 1.82) is 0 Å². The SMILES string of the molecule is O=C1CC[C@H](c2nc(CN3CCOCC3)no2)CN1Cc1ccccn1. The maximum absolute atomic E-state index is 12.3. The molecule has 1 amide bonds. The van der Waals surface area contributed by atoms with Crippen molar-refractivity contribution >= 4 is 5.91 Å². The summed E-state index contributed by atoms with van der Waals surface area (Å²) in [7, 11) is 0. The standard InChI is InChI=1S/C18H23N5O3/c24-17-5-4-14(11-23(17)12-15-3-1-2-6-19-15)18-20-16(21-26-18)13-22-7-9-25-10-8-22/h1-3,6,14H,4-5,7-13H2/t14-/m0/s1. The molecule has 26 heavy (non-hydrogen) atoms. The highest BCUT2D eigenvalue weighted by Gasteiger charge is 2.30. The number of pyridine rings is 1. The second kappa shape index (κ2) is 7.92. The van der Waals surface area contributed by atoms with Gasteiger partial charge >= 0.3 is 0 Å². The third-order valence-electron chi connectivity index (χ3n) is 4.88. The lowest BCUT2D eigenvalue weighted by atomic mass is 9.97. The smallest absolute Gasteiger partial charge is 0.231 e. The molecule has 4 rings (SSSR count). The summed E-state index contributed by atoms with van der Waals surface area (Å²) in [6.07, 6.45) is 2.99. The zero-order valence-electron chi connectivity index (χ0n) is 14.7. The molecule has 0 aromatic carbocycles. The minimum Gasteiger partial charge on any atom is -0.379 e. The van der Waals surface area contributed by atoms with Crippen LogP contribution in [0.1, 0.15) is 36.2 Å². The van der Waals surface area contributed by atoms with Crippen LogP contribution in [0.25, 0.3) is 0 Å². The number of nitrogens with zero attached hydrogens (tertiary/aromatic N) is 5. The van der Waals surface area contributed by atoms with Crippen LogP contribution in [0.5, 0.6) is 0 Å². The summed E-state index contributed by atoms with van der Waals surface area (Å²) in [5.74, 6) is 1.57. The Balaban J connectivity index is 1.38. The molecule has 0 saturated carbocycles. The van der Waals surface area contributed by atoms with Gasteiger partial charge in [-0.25, -0.2) is 0 Å². The fourth-order valence-electron chi connectivity index (χ4n) is 3.41. The Morgan fingerprint density at radius 3 is 2.88 bits per heavy atom. The van der Waals surface area contributed by atoms with E-state index in [1.165, 1.54) is 0 Å². The van der Waals surface area contributed by atoms with E-state index in [2.05, 4.69) is 20.0 Å². The van der Waals surface area contributed by atoms with Crippen LogP contribution in [0.15, 0.2) is 28.9 Å². The molecule has 0 spiro atoms. The lowest BCUT2D eigenvalue weighted by Gasteiger charge is -2.30. The Hall–Kier alpha value is -2.32. The van der Waals surface area contributed by atoms with E-state index in [0.717, 1.165) is 38.4 Å². The number of amides is 1. The van der Waals surface area contributed by atoms with Gasteiger partial charge in [0.25, 0.3) is 0 Å². The Morgan fingerprint density at radius 1 is 1.19 bits per heavy atom. The Kier molecular flexibility index (Phi) is 5.21. The second-order valence-corrected chi connectivity index (χ2v) is 6.77. The van der Waals surface area contributed by atoms with Gasteiger partial charge in [-0.15, -0.1) is 0 Å². The molecule has 1 atom stereocenters. The summed E-state index contributed by atoms with van der Waals surface area (Å²) in [6.45, 7) is 5.06. The summed E-state index contributed by atoms with van der Waals surface area (Å²) < 4.78 is 10.9. The predicted octanol–water partition coefficient (Wildman–Crippen LogP) is 1.20. The first-order valence-electron chi connectivity index (χ1n) is 9.08. The van der Waals surface area contributed by atoms with Crippen molar-refractivity contribution in [2.45, 2.75) is 31.8 Å². The third-order valence-corrected chi connectivity index (χ3v) is 4.88. The highest BCUT2D eigenvalue weighted by molar-refractivity contribution is 5.77. The van der Waals surface area contributed by atoms with Gasteiger partial charge in [-0.3, -0.25) is 14.7 Å². The molecule has 138 valence electrons. The van der Waals surface area contributed by atoms with E-state index >= 15 is 0 Å². The molecule has 2 saturated heterocycles. The largest absolute Gasteiger partial charge is 0.379 e. The Bertz CT molecular complexity index is 729. The lowest BCUT2D eigenvalue weighted by Crippen LogP contribution is -2.38. The molecule has 2 aliphatic heterocycles. The van der Waals surface area contributed by atoms with Gasteiger partial charge in [0.15, 0.2) is 5.82 Å². The molecule has 0 radical (unpaired) electrons. The van der Waals surface area contributed by atoms with Gasteiger partial charge in [-0.2, -0.15) is 4.98 Å². The average Bonchev–Trinajstić information content (AvgIpc) is 3.14. The van der Waals surface area contributed by atoms with Crippen LogP contribution in [-0.2, 0) is 22.6 Å². The number of carbonyl (C=O) groups is 1. The molecule has 2 aromatic rings. The Morgan fingerprint density at radius 2 is 2.08 bits per heavy atom. The van der Waals surface area contributed by atoms with E-state index in [0.29, 0.717) is 37.8 Å². The van der Waals surface area contributed by atoms with Crippen molar-refractivity contribution in [2.24, 2.45) is 0 Å². The van der Waals surface area contributed by atoms with E-state index in [9.17, 15) is 4.79 Å². The number of likely N-dealkylation sites (tertiary alicyclic amines) is 1. The van der Waals surface area contributed by atoms with Gasteiger partial charge < -0.3 is 14.2 Å². The van der Waals surface area contributed by atoms with Gasteiger partial charge in [0.1, 0.15) is 0 Å². The van der Waals surface area contributed by atoms with Crippen LogP contribution >= 0.6 is 0 Å². The number of hydrogen-bond donors (Lipinski definition) is 0. The van der Waals surface area contributed by atoms with Gasteiger partial charge in [0.2, 0.25) is 11.8 Å². The minimum atomic E-state index is 0.0855. The second-order valence-electron chi connectivity index (χ2n) is 6.77. The number of hydrogen-bond acceptors (Lipinski definition) is 7. The van der Waals surface area contributed by atoms with Gasteiger partial charge in [0, 0.05) is 32.3 Å². The molecule has 0 unspecified atom stereocenters. The number of carbonyl (C=O) groups excluding carboxylic acids is 1. The van der Waals surface area contributed by atoms with E-state index in [1.54, 1.807) is 6.20 Å². The average molecular weight is 357 g/mol. The zero-order chi connectivity index (χ0) is 17.8. The van der Waals surface area contributed by atoms with Crippen LogP contribution in [0.4, 0.5) is 0 Å². The highest BCUT2D eigenvalue weighted by Crippen LogP contribution is 2.27. The normalized spacial score (nSPS) is 21.9. The van der Waals surface area contributed by atoms with E-state index in [4.69, 9.17) is 9.26 Å². The first kappa shape index (κ1) is 17.1. The molecule has 0 N–H and O–H groups in total. The molecule has 2 fully saturated rings. The molecular weight excluding hydrogens is 334 g/mol. The molecule has 2 aromatic heterocycles. The van der Waals surface area contributed by atoms with Crippen molar-refractivity contribution in [2.75, 3.05) is 32.8 Å². The van der Waals surface area contributed by atoms with Crippen molar-refractivity contribution in [3.63, 3.8) is 0 Å². The summed E-state index contributed by atoms with van der Waals surface area (Å²) in [5, 5.41) is 4.13. The van der Waals surface area contributed by atoms with Crippen LogP contribution in [0.2, 0.25) is 0 Å². The van der Waals surface area contributed by atoms with Crippen molar-refractivity contribution in [3.05, 3.63) is 41.8 Å². The van der Waals surface area contributed by atoms with Crippen LogP contribution in [-0.4, -0.2) is 63.7 Å². The molecule has 0 bridgehead atoms. The summed E-state index contributed by atoms with van der Waals surface area (Å²) >= 11 is 0. The number of rotatable bonds is 5. The van der Waals surface area contributed by atoms with Crippen molar-refractivity contribution < 1.29 is 14.1 Å². The third kappa shape index (κ3) is 4.08. The first-order chi connectivity index (χ1) is 12.8. The van der Waals surface area contributed by atoms with Crippen LogP contribution in [0, 0.1) is 0 Å². The molecule has 8 nitrogen and oxygen atoms in total. The lowest BCUT2D eigenvalue weighted by molar-refractivity contribution is -0.134. The minimum absolute atomic E-state index is 0.0855. The van der Waals surface area contributed by atoms with Crippen LogP contribution < -0.4 is 0 Å². The van der Waals surface area contributed by atoms with E-state index < -0.39 is 0 Å². The number of ether oxygens (including phenoxy) is 1. The highest BCUT2D eigenvalue weighted by atomic mass is 16.5. The fraction of sp³-hybridized carbons (Fsp3) is 0.556. The van der Waals surface area contributed by atoms with Crippen molar-refractivity contribution in [3.8, 4) is 0 Å². The first-order valence-corrected chi connectivity index (χ1v) is 9.08. The van der Waals surface area contributed by atoms with Crippen LogP contribution in [0.3, 0.4) is 0 Å². The molecule has 2 aliphatic rings. The van der Waals surface area contributed by atoms with Gasteiger partial charge in [-0.05, 0) is 18.6 Å². The number of morpholine rings is 1. The summed E-state index contributed by atoms with van der Waals surface area (Å²) in [4.78, 5) is 25.2. The summed E-state index contributed by atoms with van der Waals surface area (Å²) in [5.41, 5.74) is 0.889. The zero-order valence-corrected chi connectivity index (χ0v) is 14.7. The Labute approximate surface area is 152 Å². The summed E-state index contributed by atoms with van der Waals surface area (Å²) in [6, 6.07) is 5.74. The maximum Gasteiger partial charge on any atom is 0.231 e. The number of piperidine rings is 1. The van der Waals surface area contributed by atoms with E-state index in [1.807, 2.05) is 23.1 Å². The maximum atomic E-state index is 12.3. The fourth-order valence-corrected chi connectivity index (χ4v) is 3.41.